The number of sulfonamides is 1. The third-order valence-corrected chi connectivity index (χ3v) is 4.09. The van der Waals surface area contributed by atoms with Gasteiger partial charge >= 0.3 is 5.97 Å². The predicted octanol–water partition coefficient (Wildman–Crippen LogP) is 1.30. The summed E-state index contributed by atoms with van der Waals surface area (Å²) in [5, 5.41) is 5.04. The lowest BCUT2D eigenvalue weighted by Gasteiger charge is -2.10. The fraction of sp³-hybridized carbons (Fsp3) is 0.462. The normalized spacial score (nSPS) is 14.9. The Kier molecular flexibility index (Phi) is 4.29. The van der Waals surface area contributed by atoms with E-state index in [1.165, 1.54) is 38.2 Å². The summed E-state index contributed by atoms with van der Waals surface area (Å²) in [4.78, 5) is 11.8. The van der Waals surface area contributed by atoms with Crippen molar-refractivity contribution in [2.45, 2.75) is 24.2 Å². The molecule has 0 amide bonds. The Morgan fingerprint density at radius 3 is 2.65 bits per heavy atom. The molecule has 0 aliphatic heterocycles. The molecule has 0 atom stereocenters. The van der Waals surface area contributed by atoms with Crippen LogP contribution in [0.1, 0.15) is 29.6 Å². The smallest absolute Gasteiger partial charge is 0.341 e. The zero-order valence-corrected chi connectivity index (χ0v) is 12.0. The molecule has 0 spiro atoms. The lowest BCUT2D eigenvalue weighted by molar-refractivity contribution is 0.0491. The molecule has 110 valence electrons. The quantitative estimate of drug-likeness (QED) is 0.799. The number of primary sulfonamides is 1. The summed E-state index contributed by atoms with van der Waals surface area (Å²) in [5.74, 6) is 0.308. The van der Waals surface area contributed by atoms with Crippen molar-refractivity contribution in [1.29, 1.82) is 0 Å². The van der Waals surface area contributed by atoms with Crippen molar-refractivity contribution in [1.82, 2.24) is 0 Å². The fourth-order valence-corrected chi connectivity index (χ4v) is 2.37. The molecule has 1 aromatic rings. The third-order valence-electron chi connectivity index (χ3n) is 3.18. The van der Waals surface area contributed by atoms with Crippen molar-refractivity contribution in [2.24, 2.45) is 11.1 Å². The molecule has 0 heterocycles. The van der Waals surface area contributed by atoms with Crippen LogP contribution in [0.25, 0.3) is 0 Å². The first-order valence-corrected chi connectivity index (χ1v) is 7.84. The highest BCUT2D eigenvalue weighted by Gasteiger charge is 2.22. The van der Waals surface area contributed by atoms with E-state index in [0.717, 1.165) is 6.42 Å². The maximum atomic E-state index is 12.0. The van der Waals surface area contributed by atoms with Crippen LogP contribution in [-0.4, -0.2) is 28.1 Å². The van der Waals surface area contributed by atoms with Gasteiger partial charge in [0.15, 0.2) is 0 Å². The van der Waals surface area contributed by atoms with Crippen LogP contribution in [0.15, 0.2) is 23.1 Å². The first-order chi connectivity index (χ1) is 9.41. The predicted molar refractivity (Wildman–Crippen MR) is 72.0 cm³/mol. The van der Waals surface area contributed by atoms with Crippen LogP contribution in [-0.2, 0) is 14.8 Å². The molecule has 6 nitrogen and oxygen atoms in total. The van der Waals surface area contributed by atoms with Gasteiger partial charge in [-0.3, -0.25) is 0 Å². The highest BCUT2D eigenvalue weighted by Crippen LogP contribution is 2.32. The maximum absolute atomic E-state index is 12.0. The van der Waals surface area contributed by atoms with Gasteiger partial charge in [-0.1, -0.05) is 12.8 Å². The van der Waals surface area contributed by atoms with Gasteiger partial charge in [-0.25, -0.2) is 18.4 Å². The third kappa shape index (κ3) is 3.71. The topological polar surface area (TPSA) is 95.7 Å². The summed E-state index contributed by atoms with van der Waals surface area (Å²) < 4.78 is 32.8. The molecule has 2 rings (SSSR count). The van der Waals surface area contributed by atoms with Crippen LogP contribution in [0.4, 0.5) is 0 Å². The lowest BCUT2D eigenvalue weighted by atomic mass is 10.2. The molecule has 1 fully saturated rings. The second kappa shape index (κ2) is 5.80. The highest BCUT2D eigenvalue weighted by molar-refractivity contribution is 7.89. The van der Waals surface area contributed by atoms with E-state index in [2.05, 4.69) is 0 Å². The second-order valence-corrected chi connectivity index (χ2v) is 6.34. The zero-order chi connectivity index (χ0) is 14.8. The van der Waals surface area contributed by atoms with Crippen molar-refractivity contribution in [3.8, 4) is 5.75 Å². The van der Waals surface area contributed by atoms with E-state index >= 15 is 0 Å². The van der Waals surface area contributed by atoms with Gasteiger partial charge in [-0.15, -0.1) is 0 Å². The molecule has 0 bridgehead atoms. The number of rotatable bonds is 6. The standard InChI is InChI=1S/C13H17NO5S/c1-18-12-5-4-10(20(14,16)17)8-11(12)13(15)19-7-6-9-2-3-9/h4-5,8-9H,2-3,6-7H2,1H3,(H2,14,16,17). The van der Waals surface area contributed by atoms with E-state index < -0.39 is 16.0 Å². The van der Waals surface area contributed by atoms with E-state index in [1.807, 2.05) is 0 Å². The average molecular weight is 299 g/mol. The Labute approximate surface area is 117 Å². The number of carbonyl (C=O) groups is 1. The lowest BCUT2D eigenvalue weighted by Crippen LogP contribution is -2.14. The van der Waals surface area contributed by atoms with Crippen molar-refractivity contribution in [3.05, 3.63) is 23.8 Å². The van der Waals surface area contributed by atoms with Crippen molar-refractivity contribution in [3.63, 3.8) is 0 Å². The molecule has 20 heavy (non-hydrogen) atoms. The Morgan fingerprint density at radius 2 is 2.10 bits per heavy atom. The maximum Gasteiger partial charge on any atom is 0.341 e. The molecular weight excluding hydrogens is 282 g/mol. The number of carbonyl (C=O) groups excluding carboxylic acids is 1. The summed E-state index contributed by atoms with van der Waals surface area (Å²) in [7, 11) is -2.48. The number of benzene rings is 1. The average Bonchev–Trinajstić information content (AvgIpc) is 3.21. The van der Waals surface area contributed by atoms with E-state index in [-0.39, 0.29) is 16.2 Å². The van der Waals surface area contributed by atoms with E-state index in [4.69, 9.17) is 14.6 Å². The largest absolute Gasteiger partial charge is 0.496 e. The summed E-state index contributed by atoms with van der Waals surface area (Å²) >= 11 is 0. The Morgan fingerprint density at radius 1 is 1.40 bits per heavy atom. The number of methoxy groups -OCH3 is 1. The van der Waals surface area contributed by atoms with Crippen LogP contribution < -0.4 is 9.88 Å². The van der Waals surface area contributed by atoms with Gasteiger partial charge in [0, 0.05) is 0 Å². The number of esters is 1. The van der Waals surface area contributed by atoms with Gasteiger partial charge in [-0.2, -0.15) is 0 Å². The van der Waals surface area contributed by atoms with E-state index in [9.17, 15) is 13.2 Å². The molecule has 0 radical (unpaired) electrons. The van der Waals surface area contributed by atoms with Gasteiger partial charge in [0.2, 0.25) is 10.0 Å². The minimum atomic E-state index is -3.87. The van der Waals surface area contributed by atoms with Crippen molar-refractivity contribution < 1.29 is 22.7 Å². The molecule has 1 aliphatic carbocycles. The van der Waals surface area contributed by atoms with Crippen LogP contribution in [0.2, 0.25) is 0 Å². The van der Waals surface area contributed by atoms with Gasteiger partial charge < -0.3 is 9.47 Å². The van der Waals surface area contributed by atoms with E-state index in [1.54, 1.807) is 0 Å². The molecule has 2 N–H and O–H groups in total. The monoisotopic (exact) mass is 299 g/mol. The summed E-state index contributed by atoms with van der Waals surface area (Å²) in [6.45, 7) is 0.326. The van der Waals surface area contributed by atoms with Gasteiger partial charge in [0.1, 0.15) is 11.3 Å². The second-order valence-electron chi connectivity index (χ2n) is 4.78. The molecule has 1 aromatic carbocycles. The van der Waals surface area contributed by atoms with Gasteiger partial charge in [0.05, 0.1) is 18.6 Å². The molecule has 1 saturated carbocycles. The Bertz CT molecular complexity index is 607. The Hall–Kier alpha value is -1.60. The van der Waals surface area contributed by atoms with E-state index in [0.29, 0.717) is 12.5 Å². The van der Waals surface area contributed by atoms with Gasteiger partial charge in [0.25, 0.3) is 0 Å². The number of nitrogens with two attached hydrogens (primary N) is 1. The first kappa shape index (κ1) is 14.8. The zero-order valence-electron chi connectivity index (χ0n) is 11.2. The molecule has 7 heteroatoms. The minimum Gasteiger partial charge on any atom is -0.496 e. The molecule has 0 aromatic heterocycles. The number of ether oxygens (including phenoxy) is 2. The minimum absolute atomic E-state index is 0.0646. The molecule has 1 aliphatic rings. The summed E-state index contributed by atoms with van der Waals surface area (Å²) in [6.07, 6.45) is 3.20. The fourth-order valence-electron chi connectivity index (χ4n) is 1.83. The van der Waals surface area contributed by atoms with Crippen molar-refractivity contribution >= 4 is 16.0 Å². The number of hydrogen-bond donors (Lipinski definition) is 1. The highest BCUT2D eigenvalue weighted by atomic mass is 32.2. The first-order valence-electron chi connectivity index (χ1n) is 6.30. The van der Waals surface area contributed by atoms with Crippen LogP contribution >= 0.6 is 0 Å². The van der Waals surface area contributed by atoms with Crippen LogP contribution in [0, 0.1) is 5.92 Å². The van der Waals surface area contributed by atoms with Crippen molar-refractivity contribution in [2.75, 3.05) is 13.7 Å². The molecule has 0 saturated heterocycles. The molecular formula is C13H17NO5S. The number of hydrogen-bond acceptors (Lipinski definition) is 5. The van der Waals surface area contributed by atoms with Crippen LogP contribution in [0.3, 0.4) is 0 Å². The molecule has 0 unspecified atom stereocenters. The SMILES string of the molecule is COc1ccc(S(N)(=O)=O)cc1C(=O)OCCC1CC1. The van der Waals surface area contributed by atoms with Crippen LogP contribution in [0.5, 0.6) is 5.75 Å². The van der Waals surface area contributed by atoms with Gasteiger partial charge in [-0.05, 0) is 30.5 Å². The Balaban J connectivity index is 2.15. The summed E-state index contributed by atoms with van der Waals surface area (Å²) in [6, 6.07) is 3.85. The summed E-state index contributed by atoms with van der Waals surface area (Å²) in [5.41, 5.74) is 0.0646.